The Morgan fingerprint density at radius 3 is 2.35 bits per heavy atom. The topological polar surface area (TPSA) is 20.2 Å². The van der Waals surface area contributed by atoms with E-state index in [-0.39, 0.29) is 10.0 Å². The first kappa shape index (κ1) is 12.7. The number of aromatic nitrogens is 2. The highest BCUT2D eigenvalue weighted by Gasteiger charge is 2.20. The first-order valence-corrected chi connectivity index (χ1v) is 7.34. The SMILES string of the molecule is Clc1c(Cl)c(Cl)c2c(cn3c4ccccc4[nH]c23)c1Cl. The number of aromatic amines is 1. The maximum Gasteiger partial charge on any atom is 0.124 e. The van der Waals surface area contributed by atoms with Gasteiger partial charge in [0, 0.05) is 17.0 Å². The van der Waals surface area contributed by atoms with Crippen LogP contribution in [0.3, 0.4) is 0 Å². The van der Waals surface area contributed by atoms with Crippen LogP contribution in [-0.4, -0.2) is 9.38 Å². The van der Waals surface area contributed by atoms with Gasteiger partial charge in [-0.05, 0) is 12.1 Å². The van der Waals surface area contributed by atoms with Gasteiger partial charge in [0.2, 0.25) is 0 Å². The minimum absolute atomic E-state index is 0.276. The predicted octanol–water partition coefficient (Wildman–Crippen LogP) is 6.19. The first-order chi connectivity index (χ1) is 9.59. The Morgan fingerprint density at radius 1 is 0.850 bits per heavy atom. The summed E-state index contributed by atoms with van der Waals surface area (Å²) in [7, 11) is 0. The molecule has 0 saturated heterocycles. The minimum atomic E-state index is 0.276. The lowest BCUT2D eigenvalue weighted by Gasteiger charge is -2.04. The molecule has 0 aliphatic rings. The molecule has 2 aromatic carbocycles. The molecule has 2 heterocycles. The third kappa shape index (κ3) is 1.48. The van der Waals surface area contributed by atoms with Crippen molar-refractivity contribution in [2.24, 2.45) is 0 Å². The fourth-order valence-electron chi connectivity index (χ4n) is 2.55. The van der Waals surface area contributed by atoms with Crippen molar-refractivity contribution in [1.29, 1.82) is 0 Å². The van der Waals surface area contributed by atoms with E-state index < -0.39 is 0 Å². The van der Waals surface area contributed by atoms with Crippen LogP contribution in [0.2, 0.25) is 20.1 Å². The van der Waals surface area contributed by atoms with Crippen molar-refractivity contribution in [3.8, 4) is 0 Å². The van der Waals surface area contributed by atoms with Crippen LogP contribution in [-0.2, 0) is 0 Å². The second-order valence-electron chi connectivity index (χ2n) is 4.53. The number of hydrogen-bond acceptors (Lipinski definition) is 0. The van der Waals surface area contributed by atoms with Crippen molar-refractivity contribution >= 4 is 73.9 Å². The molecule has 0 spiro atoms. The zero-order valence-electron chi connectivity index (χ0n) is 9.85. The average Bonchev–Trinajstić information content (AvgIpc) is 2.98. The zero-order chi connectivity index (χ0) is 14.0. The van der Waals surface area contributed by atoms with E-state index in [0.29, 0.717) is 10.0 Å². The molecule has 0 aliphatic heterocycles. The number of para-hydroxylation sites is 2. The maximum absolute atomic E-state index is 6.34. The third-order valence-electron chi connectivity index (χ3n) is 3.46. The van der Waals surface area contributed by atoms with Crippen LogP contribution >= 0.6 is 46.4 Å². The smallest absolute Gasteiger partial charge is 0.124 e. The molecule has 20 heavy (non-hydrogen) atoms. The molecule has 4 aromatic rings. The van der Waals surface area contributed by atoms with E-state index in [1.165, 1.54) is 0 Å². The monoisotopic (exact) mass is 342 g/mol. The number of rotatable bonds is 0. The first-order valence-electron chi connectivity index (χ1n) is 5.83. The molecule has 0 amide bonds. The Kier molecular flexibility index (Phi) is 2.67. The number of hydrogen-bond donors (Lipinski definition) is 1. The average molecular weight is 344 g/mol. The minimum Gasteiger partial charge on any atom is -0.339 e. The summed E-state index contributed by atoms with van der Waals surface area (Å²) in [5.41, 5.74) is 2.91. The van der Waals surface area contributed by atoms with Gasteiger partial charge in [-0.1, -0.05) is 58.5 Å². The molecule has 2 nitrogen and oxygen atoms in total. The highest BCUT2D eigenvalue weighted by molar-refractivity contribution is 6.56. The molecule has 0 aliphatic carbocycles. The van der Waals surface area contributed by atoms with Crippen molar-refractivity contribution in [3.05, 3.63) is 50.6 Å². The molecule has 0 bridgehead atoms. The Labute approximate surface area is 133 Å². The molecule has 4 rings (SSSR count). The Bertz CT molecular complexity index is 997. The Morgan fingerprint density at radius 2 is 1.55 bits per heavy atom. The molecule has 0 fully saturated rings. The molecule has 0 saturated carbocycles. The summed E-state index contributed by atoms with van der Waals surface area (Å²) in [6, 6.07) is 7.96. The lowest BCUT2D eigenvalue weighted by atomic mass is 10.2. The van der Waals surface area contributed by atoms with Crippen LogP contribution in [0.1, 0.15) is 0 Å². The fraction of sp³-hybridized carbons (Fsp3) is 0. The number of nitrogens with zero attached hydrogens (tertiary/aromatic N) is 1. The molecule has 2 aromatic heterocycles. The van der Waals surface area contributed by atoms with Gasteiger partial charge in [0.15, 0.2) is 0 Å². The van der Waals surface area contributed by atoms with E-state index in [0.717, 1.165) is 27.5 Å². The highest BCUT2D eigenvalue weighted by Crippen LogP contribution is 2.45. The number of imidazole rings is 1. The number of benzene rings is 2. The van der Waals surface area contributed by atoms with Gasteiger partial charge >= 0.3 is 0 Å². The van der Waals surface area contributed by atoms with Crippen molar-refractivity contribution in [2.45, 2.75) is 0 Å². The number of halogens is 4. The van der Waals surface area contributed by atoms with Gasteiger partial charge in [-0.15, -0.1) is 0 Å². The molecular formula is C14H6Cl4N2. The fourth-order valence-corrected chi connectivity index (χ4v) is 3.55. The quantitative estimate of drug-likeness (QED) is 0.290. The molecular weight excluding hydrogens is 338 g/mol. The van der Waals surface area contributed by atoms with Crippen LogP contribution in [0.25, 0.3) is 27.5 Å². The summed E-state index contributed by atoms with van der Waals surface area (Å²) < 4.78 is 2.00. The molecule has 0 atom stereocenters. The molecule has 1 N–H and O–H groups in total. The van der Waals surface area contributed by atoms with Gasteiger partial charge < -0.3 is 9.38 Å². The van der Waals surface area contributed by atoms with Gasteiger partial charge in [0.25, 0.3) is 0 Å². The Hall–Kier alpha value is -1.06. The van der Waals surface area contributed by atoms with E-state index in [1.807, 2.05) is 34.9 Å². The van der Waals surface area contributed by atoms with Crippen LogP contribution in [0.4, 0.5) is 0 Å². The number of nitrogens with one attached hydrogen (secondary N) is 1. The van der Waals surface area contributed by atoms with Gasteiger partial charge in [-0.3, -0.25) is 0 Å². The normalized spacial score (nSPS) is 12.0. The van der Waals surface area contributed by atoms with Crippen LogP contribution in [0.15, 0.2) is 30.5 Å². The summed E-state index contributed by atoms with van der Waals surface area (Å²) in [5, 5.41) is 2.94. The highest BCUT2D eigenvalue weighted by atomic mass is 35.5. The van der Waals surface area contributed by atoms with Crippen LogP contribution < -0.4 is 0 Å². The third-order valence-corrected chi connectivity index (χ3v) is 5.27. The van der Waals surface area contributed by atoms with Gasteiger partial charge in [0.1, 0.15) is 5.65 Å². The van der Waals surface area contributed by atoms with Gasteiger partial charge in [-0.25, -0.2) is 0 Å². The summed E-state index contributed by atoms with van der Waals surface area (Å²) in [6.45, 7) is 0. The van der Waals surface area contributed by atoms with E-state index >= 15 is 0 Å². The molecule has 0 unspecified atom stereocenters. The largest absolute Gasteiger partial charge is 0.339 e. The Balaban J connectivity index is 2.34. The van der Waals surface area contributed by atoms with Crippen LogP contribution in [0, 0.1) is 0 Å². The van der Waals surface area contributed by atoms with Crippen molar-refractivity contribution < 1.29 is 0 Å². The second-order valence-corrected chi connectivity index (χ2v) is 6.05. The van der Waals surface area contributed by atoms with E-state index in [2.05, 4.69) is 4.98 Å². The lowest BCUT2D eigenvalue weighted by molar-refractivity contribution is 1.29. The lowest BCUT2D eigenvalue weighted by Crippen LogP contribution is -1.78. The summed E-state index contributed by atoms with van der Waals surface area (Å²) in [4.78, 5) is 3.33. The summed E-state index contributed by atoms with van der Waals surface area (Å²) in [6.07, 6.45) is 1.92. The molecule has 0 radical (unpaired) electrons. The number of fused-ring (bicyclic) bond motifs is 5. The van der Waals surface area contributed by atoms with E-state index in [4.69, 9.17) is 46.4 Å². The van der Waals surface area contributed by atoms with E-state index in [1.54, 1.807) is 0 Å². The summed E-state index contributed by atoms with van der Waals surface area (Å²) >= 11 is 24.9. The zero-order valence-corrected chi connectivity index (χ0v) is 12.9. The molecule has 100 valence electrons. The number of H-pyrrole nitrogens is 1. The van der Waals surface area contributed by atoms with E-state index in [9.17, 15) is 0 Å². The second kappa shape index (κ2) is 4.22. The molecule has 6 heteroatoms. The van der Waals surface area contributed by atoms with Crippen molar-refractivity contribution in [2.75, 3.05) is 0 Å². The maximum atomic E-state index is 6.34. The van der Waals surface area contributed by atoms with Crippen molar-refractivity contribution in [3.63, 3.8) is 0 Å². The summed E-state index contributed by atoms with van der Waals surface area (Å²) in [5.74, 6) is 0. The van der Waals surface area contributed by atoms with Gasteiger partial charge in [0.05, 0.1) is 31.1 Å². The predicted molar refractivity (Wildman–Crippen MR) is 86.8 cm³/mol. The standard InChI is InChI=1S/C14H6Cl4N2/c15-10-6-5-20-8-4-2-1-3-7(8)19-14(20)9(6)11(16)13(18)12(10)17/h1-5,19H. The van der Waals surface area contributed by atoms with Crippen LogP contribution in [0.5, 0.6) is 0 Å². The van der Waals surface area contributed by atoms with Gasteiger partial charge in [-0.2, -0.15) is 0 Å². The van der Waals surface area contributed by atoms with Crippen molar-refractivity contribution in [1.82, 2.24) is 9.38 Å².